The first-order chi connectivity index (χ1) is 8.79. The molecule has 0 radical (unpaired) electrons. The number of rotatable bonds is 6. The number of ether oxygens (including phenoxy) is 1. The maximum absolute atomic E-state index is 5.73. The molecule has 0 atom stereocenters. The molecule has 4 heteroatoms. The van der Waals surface area contributed by atoms with Gasteiger partial charge < -0.3 is 15.0 Å². The van der Waals surface area contributed by atoms with Gasteiger partial charge in [0.25, 0.3) is 0 Å². The molecule has 0 unspecified atom stereocenters. The molecule has 1 heterocycles. The van der Waals surface area contributed by atoms with Gasteiger partial charge in [-0.3, -0.25) is 0 Å². The van der Waals surface area contributed by atoms with Crippen molar-refractivity contribution < 1.29 is 4.74 Å². The van der Waals surface area contributed by atoms with Gasteiger partial charge in [0.15, 0.2) is 0 Å². The molecular weight excluding hydrogens is 226 g/mol. The molecule has 0 saturated heterocycles. The standard InChI is InChI=1S/C14H19N3O/c1-17-9-8-16-14(17)6-10-18-13-4-2-3-12(11-13)5-7-15/h2-4,8-9,11H,5-7,10,15H2,1H3. The molecule has 0 saturated carbocycles. The average molecular weight is 245 g/mol. The predicted molar refractivity (Wildman–Crippen MR) is 71.6 cm³/mol. The topological polar surface area (TPSA) is 53.1 Å². The van der Waals surface area contributed by atoms with E-state index in [9.17, 15) is 0 Å². The Labute approximate surface area is 107 Å². The van der Waals surface area contributed by atoms with Crippen LogP contribution in [0.25, 0.3) is 0 Å². The van der Waals surface area contributed by atoms with Gasteiger partial charge in [0, 0.05) is 25.9 Å². The summed E-state index contributed by atoms with van der Waals surface area (Å²) >= 11 is 0. The first kappa shape index (κ1) is 12.6. The van der Waals surface area contributed by atoms with Gasteiger partial charge in [0.1, 0.15) is 11.6 Å². The van der Waals surface area contributed by atoms with E-state index in [4.69, 9.17) is 10.5 Å². The zero-order chi connectivity index (χ0) is 12.8. The van der Waals surface area contributed by atoms with Crippen molar-refractivity contribution in [2.75, 3.05) is 13.2 Å². The fourth-order valence-electron chi connectivity index (χ4n) is 1.85. The summed E-state index contributed by atoms with van der Waals surface area (Å²) < 4.78 is 7.74. The SMILES string of the molecule is Cn1ccnc1CCOc1cccc(CCN)c1. The lowest BCUT2D eigenvalue weighted by Crippen LogP contribution is -2.07. The lowest BCUT2D eigenvalue weighted by molar-refractivity contribution is 0.317. The summed E-state index contributed by atoms with van der Waals surface area (Å²) in [5, 5.41) is 0. The van der Waals surface area contributed by atoms with E-state index in [1.807, 2.05) is 36.0 Å². The molecular formula is C14H19N3O. The fourth-order valence-corrected chi connectivity index (χ4v) is 1.85. The second-order valence-electron chi connectivity index (χ2n) is 4.24. The largest absolute Gasteiger partial charge is 0.493 e. The molecule has 0 bridgehead atoms. The predicted octanol–water partition coefficient (Wildman–Crippen LogP) is 1.54. The van der Waals surface area contributed by atoms with Crippen LogP contribution in [-0.2, 0) is 19.9 Å². The van der Waals surface area contributed by atoms with Crippen LogP contribution in [0.2, 0.25) is 0 Å². The molecule has 0 amide bonds. The Bertz CT molecular complexity index is 493. The molecule has 1 aromatic carbocycles. The maximum Gasteiger partial charge on any atom is 0.119 e. The normalized spacial score (nSPS) is 10.6. The molecule has 0 aliphatic rings. The van der Waals surface area contributed by atoms with Crippen molar-refractivity contribution in [1.82, 2.24) is 9.55 Å². The van der Waals surface area contributed by atoms with Crippen molar-refractivity contribution in [3.05, 3.63) is 48.0 Å². The molecule has 2 N–H and O–H groups in total. The maximum atomic E-state index is 5.73. The molecule has 0 spiro atoms. The molecule has 0 fully saturated rings. The third-order valence-electron chi connectivity index (χ3n) is 2.85. The zero-order valence-electron chi connectivity index (χ0n) is 10.7. The van der Waals surface area contributed by atoms with Crippen LogP contribution in [0.3, 0.4) is 0 Å². The highest BCUT2D eigenvalue weighted by atomic mass is 16.5. The highest BCUT2D eigenvalue weighted by Crippen LogP contribution is 2.13. The van der Waals surface area contributed by atoms with Crippen molar-refractivity contribution in [2.24, 2.45) is 12.8 Å². The number of hydrogen-bond acceptors (Lipinski definition) is 3. The van der Waals surface area contributed by atoms with Crippen molar-refractivity contribution >= 4 is 0 Å². The van der Waals surface area contributed by atoms with Crippen LogP contribution in [0.1, 0.15) is 11.4 Å². The molecule has 0 aliphatic carbocycles. The minimum Gasteiger partial charge on any atom is -0.493 e. The summed E-state index contributed by atoms with van der Waals surface area (Å²) in [5.41, 5.74) is 6.75. The summed E-state index contributed by atoms with van der Waals surface area (Å²) in [5.74, 6) is 1.93. The minimum absolute atomic E-state index is 0.636. The Balaban J connectivity index is 1.86. The Hall–Kier alpha value is -1.81. The Morgan fingerprint density at radius 1 is 1.33 bits per heavy atom. The van der Waals surface area contributed by atoms with E-state index in [0.29, 0.717) is 13.2 Å². The first-order valence-electron chi connectivity index (χ1n) is 6.17. The number of aryl methyl sites for hydroxylation is 1. The van der Waals surface area contributed by atoms with Gasteiger partial charge in [-0.25, -0.2) is 4.98 Å². The van der Waals surface area contributed by atoms with E-state index < -0.39 is 0 Å². The van der Waals surface area contributed by atoms with Crippen LogP contribution in [0.4, 0.5) is 0 Å². The van der Waals surface area contributed by atoms with Gasteiger partial charge in [-0.2, -0.15) is 0 Å². The minimum atomic E-state index is 0.636. The summed E-state index contributed by atoms with van der Waals surface area (Å²) in [6, 6.07) is 8.09. The number of benzene rings is 1. The van der Waals surface area contributed by atoms with Crippen LogP contribution in [-0.4, -0.2) is 22.7 Å². The number of aromatic nitrogens is 2. The summed E-state index contributed by atoms with van der Waals surface area (Å²) in [4.78, 5) is 4.26. The lowest BCUT2D eigenvalue weighted by Gasteiger charge is -2.07. The van der Waals surface area contributed by atoms with Crippen LogP contribution < -0.4 is 10.5 Å². The molecule has 96 valence electrons. The highest BCUT2D eigenvalue weighted by Gasteiger charge is 2.00. The third kappa shape index (κ3) is 3.34. The van der Waals surface area contributed by atoms with E-state index in [2.05, 4.69) is 11.1 Å². The van der Waals surface area contributed by atoms with Crippen LogP contribution in [0.5, 0.6) is 5.75 Å². The molecule has 1 aromatic heterocycles. The Morgan fingerprint density at radius 3 is 2.94 bits per heavy atom. The lowest BCUT2D eigenvalue weighted by atomic mass is 10.1. The smallest absolute Gasteiger partial charge is 0.119 e. The first-order valence-corrected chi connectivity index (χ1v) is 6.17. The van der Waals surface area contributed by atoms with Crippen LogP contribution in [0.15, 0.2) is 36.7 Å². The summed E-state index contributed by atoms with van der Waals surface area (Å²) in [6.07, 6.45) is 5.44. The average Bonchev–Trinajstić information content (AvgIpc) is 2.76. The van der Waals surface area contributed by atoms with Gasteiger partial charge in [-0.05, 0) is 30.7 Å². The van der Waals surface area contributed by atoms with Crippen LogP contribution in [0, 0.1) is 0 Å². The van der Waals surface area contributed by atoms with Crippen molar-refractivity contribution in [3.63, 3.8) is 0 Å². The second-order valence-corrected chi connectivity index (χ2v) is 4.24. The van der Waals surface area contributed by atoms with Gasteiger partial charge >= 0.3 is 0 Å². The Morgan fingerprint density at radius 2 is 2.22 bits per heavy atom. The summed E-state index contributed by atoms with van der Waals surface area (Å²) in [7, 11) is 1.99. The van der Waals surface area contributed by atoms with Crippen LogP contribution >= 0.6 is 0 Å². The quantitative estimate of drug-likeness (QED) is 0.840. The number of hydrogen-bond donors (Lipinski definition) is 1. The number of imidazole rings is 1. The fraction of sp³-hybridized carbons (Fsp3) is 0.357. The molecule has 2 rings (SSSR count). The molecule has 2 aromatic rings. The van der Waals surface area contributed by atoms with E-state index in [0.717, 1.165) is 24.4 Å². The highest BCUT2D eigenvalue weighted by molar-refractivity contribution is 5.28. The van der Waals surface area contributed by atoms with Gasteiger partial charge in [-0.15, -0.1) is 0 Å². The zero-order valence-corrected chi connectivity index (χ0v) is 10.7. The van der Waals surface area contributed by atoms with Crippen molar-refractivity contribution in [3.8, 4) is 5.75 Å². The molecule has 4 nitrogen and oxygen atoms in total. The van der Waals surface area contributed by atoms with Gasteiger partial charge in [0.2, 0.25) is 0 Å². The number of nitrogens with two attached hydrogens (primary N) is 1. The molecule has 18 heavy (non-hydrogen) atoms. The van der Waals surface area contributed by atoms with E-state index in [1.165, 1.54) is 5.56 Å². The van der Waals surface area contributed by atoms with E-state index in [-0.39, 0.29) is 0 Å². The van der Waals surface area contributed by atoms with Crippen molar-refractivity contribution in [2.45, 2.75) is 12.8 Å². The van der Waals surface area contributed by atoms with E-state index in [1.54, 1.807) is 6.20 Å². The monoisotopic (exact) mass is 245 g/mol. The second kappa shape index (κ2) is 6.21. The van der Waals surface area contributed by atoms with Crippen molar-refractivity contribution in [1.29, 1.82) is 0 Å². The molecule has 0 aliphatic heterocycles. The number of nitrogens with zero attached hydrogens (tertiary/aromatic N) is 2. The van der Waals surface area contributed by atoms with Gasteiger partial charge in [-0.1, -0.05) is 12.1 Å². The summed E-state index contributed by atoms with van der Waals surface area (Å²) in [6.45, 7) is 1.30. The van der Waals surface area contributed by atoms with E-state index >= 15 is 0 Å². The Kier molecular flexibility index (Phi) is 4.36. The van der Waals surface area contributed by atoms with Gasteiger partial charge in [0.05, 0.1) is 6.61 Å². The third-order valence-corrected chi connectivity index (χ3v) is 2.85.